The first kappa shape index (κ1) is 14.4. The summed E-state index contributed by atoms with van der Waals surface area (Å²) < 4.78 is 0.695. The van der Waals surface area contributed by atoms with Gasteiger partial charge in [0.15, 0.2) is 5.82 Å². The van der Waals surface area contributed by atoms with E-state index in [1.54, 1.807) is 12.3 Å². The number of aryl methyl sites for hydroxylation is 2. The highest BCUT2D eigenvalue weighted by Crippen LogP contribution is 2.20. The van der Waals surface area contributed by atoms with Crippen molar-refractivity contribution in [3.63, 3.8) is 0 Å². The number of halogens is 1. The molecule has 0 unspecified atom stereocenters. The van der Waals surface area contributed by atoms with Crippen molar-refractivity contribution < 1.29 is 4.79 Å². The Hall–Kier alpha value is -1.99. The van der Waals surface area contributed by atoms with Gasteiger partial charge in [-0.05, 0) is 48.0 Å². The Labute approximate surface area is 124 Å². The molecular formula is C13H14BrN5O. The summed E-state index contributed by atoms with van der Waals surface area (Å²) in [5, 5.41) is 2.80. The molecule has 0 aromatic carbocycles. The molecule has 7 heteroatoms. The first-order chi connectivity index (χ1) is 9.51. The van der Waals surface area contributed by atoms with E-state index in [-0.39, 0.29) is 5.91 Å². The minimum atomic E-state index is -0.305. The number of anilines is 2. The molecule has 20 heavy (non-hydrogen) atoms. The standard InChI is InChI=1S/C13H14BrN5O/c1-7-3-4-11(8(2)17-7)18-13(20)10-5-9(14)6-16-12(10)19-15/h3-6H,15H2,1-2H3,(H,16,19)(H,18,20). The van der Waals surface area contributed by atoms with Crippen LogP contribution >= 0.6 is 15.9 Å². The maximum Gasteiger partial charge on any atom is 0.259 e. The lowest BCUT2D eigenvalue weighted by Crippen LogP contribution is -2.19. The number of amides is 1. The zero-order valence-corrected chi connectivity index (χ0v) is 12.7. The number of aromatic nitrogens is 2. The lowest BCUT2D eigenvalue weighted by Gasteiger charge is -2.11. The summed E-state index contributed by atoms with van der Waals surface area (Å²) in [7, 11) is 0. The van der Waals surface area contributed by atoms with Crippen molar-refractivity contribution in [2.45, 2.75) is 13.8 Å². The molecular weight excluding hydrogens is 322 g/mol. The SMILES string of the molecule is Cc1ccc(NC(=O)c2cc(Br)cnc2NN)c(C)n1. The van der Waals surface area contributed by atoms with Gasteiger partial charge in [-0.1, -0.05) is 0 Å². The average molecular weight is 336 g/mol. The van der Waals surface area contributed by atoms with Crippen LogP contribution in [0.5, 0.6) is 0 Å². The summed E-state index contributed by atoms with van der Waals surface area (Å²) in [4.78, 5) is 20.6. The number of hydrogen-bond donors (Lipinski definition) is 3. The van der Waals surface area contributed by atoms with E-state index in [4.69, 9.17) is 5.84 Å². The first-order valence-corrected chi connectivity index (χ1v) is 6.68. The van der Waals surface area contributed by atoms with Gasteiger partial charge in [0, 0.05) is 16.4 Å². The third-order valence-corrected chi connectivity index (χ3v) is 3.14. The molecule has 0 aliphatic rings. The van der Waals surface area contributed by atoms with Crippen molar-refractivity contribution in [1.29, 1.82) is 0 Å². The molecule has 2 aromatic heterocycles. The molecule has 2 rings (SSSR count). The largest absolute Gasteiger partial charge is 0.320 e. The van der Waals surface area contributed by atoms with Gasteiger partial charge in [0.05, 0.1) is 16.9 Å². The van der Waals surface area contributed by atoms with Crippen LogP contribution in [0.15, 0.2) is 28.9 Å². The van der Waals surface area contributed by atoms with Crippen molar-refractivity contribution in [3.8, 4) is 0 Å². The Balaban J connectivity index is 2.30. The van der Waals surface area contributed by atoms with Crippen molar-refractivity contribution in [2.24, 2.45) is 5.84 Å². The summed E-state index contributed by atoms with van der Waals surface area (Å²) in [6.45, 7) is 3.73. The van der Waals surface area contributed by atoms with Gasteiger partial charge in [0.2, 0.25) is 0 Å². The van der Waals surface area contributed by atoms with E-state index in [2.05, 4.69) is 36.6 Å². The number of hydrazine groups is 1. The Morgan fingerprint density at radius 2 is 2.10 bits per heavy atom. The van der Waals surface area contributed by atoms with E-state index in [0.29, 0.717) is 21.5 Å². The predicted octanol–water partition coefficient (Wildman–Crippen LogP) is 2.39. The minimum absolute atomic E-state index is 0.305. The fourth-order valence-corrected chi connectivity index (χ4v) is 2.07. The van der Waals surface area contributed by atoms with Gasteiger partial charge in [-0.3, -0.25) is 9.78 Å². The topological polar surface area (TPSA) is 92.9 Å². The van der Waals surface area contributed by atoms with E-state index >= 15 is 0 Å². The Morgan fingerprint density at radius 3 is 2.75 bits per heavy atom. The van der Waals surface area contributed by atoms with E-state index in [1.165, 1.54) is 0 Å². The number of nitrogens with zero attached hydrogens (tertiary/aromatic N) is 2. The van der Waals surface area contributed by atoms with Crippen molar-refractivity contribution >= 4 is 33.3 Å². The molecule has 2 aromatic rings. The van der Waals surface area contributed by atoms with Crippen LogP contribution in [0, 0.1) is 13.8 Å². The third kappa shape index (κ3) is 3.12. The second-order valence-electron chi connectivity index (χ2n) is 4.23. The number of rotatable bonds is 3. The smallest absolute Gasteiger partial charge is 0.259 e. The summed E-state index contributed by atoms with van der Waals surface area (Å²) in [6.07, 6.45) is 1.56. The minimum Gasteiger partial charge on any atom is -0.320 e. The fraction of sp³-hybridized carbons (Fsp3) is 0.154. The number of carbonyl (C=O) groups excluding carboxylic acids is 1. The predicted molar refractivity (Wildman–Crippen MR) is 81.4 cm³/mol. The van der Waals surface area contributed by atoms with Gasteiger partial charge in [-0.25, -0.2) is 10.8 Å². The fourth-order valence-electron chi connectivity index (χ4n) is 1.74. The highest BCUT2D eigenvalue weighted by Gasteiger charge is 2.14. The van der Waals surface area contributed by atoms with Gasteiger partial charge in [0.1, 0.15) is 0 Å². The first-order valence-electron chi connectivity index (χ1n) is 5.89. The van der Waals surface area contributed by atoms with Crippen LogP contribution < -0.4 is 16.6 Å². The summed E-state index contributed by atoms with van der Waals surface area (Å²) in [5.74, 6) is 5.37. The maximum atomic E-state index is 12.3. The number of nitrogens with one attached hydrogen (secondary N) is 2. The van der Waals surface area contributed by atoms with E-state index in [9.17, 15) is 4.79 Å². The Kier molecular flexibility index (Phi) is 4.31. The molecule has 4 N–H and O–H groups in total. The second-order valence-corrected chi connectivity index (χ2v) is 5.15. The van der Waals surface area contributed by atoms with Crippen LogP contribution in [-0.4, -0.2) is 15.9 Å². The van der Waals surface area contributed by atoms with Crippen LogP contribution in [0.2, 0.25) is 0 Å². The van der Waals surface area contributed by atoms with E-state index in [1.807, 2.05) is 26.0 Å². The van der Waals surface area contributed by atoms with Crippen LogP contribution in [-0.2, 0) is 0 Å². The molecule has 0 saturated heterocycles. The third-order valence-electron chi connectivity index (χ3n) is 2.71. The molecule has 0 radical (unpaired) electrons. The maximum absolute atomic E-state index is 12.3. The number of carbonyl (C=O) groups is 1. The van der Waals surface area contributed by atoms with Gasteiger partial charge >= 0.3 is 0 Å². The van der Waals surface area contributed by atoms with Crippen LogP contribution in [0.1, 0.15) is 21.7 Å². The van der Waals surface area contributed by atoms with Crippen LogP contribution in [0.3, 0.4) is 0 Å². The monoisotopic (exact) mass is 335 g/mol. The van der Waals surface area contributed by atoms with Crippen LogP contribution in [0.25, 0.3) is 0 Å². The molecule has 0 spiro atoms. The molecule has 0 fully saturated rings. The highest BCUT2D eigenvalue weighted by molar-refractivity contribution is 9.10. The van der Waals surface area contributed by atoms with Gasteiger partial charge in [-0.15, -0.1) is 0 Å². The number of nitrogens with two attached hydrogens (primary N) is 1. The number of pyridine rings is 2. The lowest BCUT2D eigenvalue weighted by molar-refractivity contribution is 0.102. The number of nitrogen functional groups attached to an aromatic ring is 1. The lowest BCUT2D eigenvalue weighted by atomic mass is 10.2. The molecule has 0 bridgehead atoms. The summed E-state index contributed by atoms with van der Waals surface area (Å²) in [5.41, 5.74) is 5.06. The van der Waals surface area contributed by atoms with Gasteiger partial charge in [-0.2, -0.15) is 0 Å². The van der Waals surface area contributed by atoms with Crippen LogP contribution in [0.4, 0.5) is 11.5 Å². The molecule has 1 amide bonds. The van der Waals surface area contributed by atoms with Crippen molar-refractivity contribution in [1.82, 2.24) is 9.97 Å². The molecule has 0 aliphatic heterocycles. The quantitative estimate of drug-likeness (QED) is 0.591. The molecule has 104 valence electrons. The van der Waals surface area contributed by atoms with E-state index in [0.717, 1.165) is 11.4 Å². The van der Waals surface area contributed by atoms with E-state index < -0.39 is 0 Å². The molecule has 0 saturated carbocycles. The molecule has 0 atom stereocenters. The second kappa shape index (κ2) is 5.98. The molecule has 0 aliphatic carbocycles. The zero-order chi connectivity index (χ0) is 14.7. The Bertz CT molecular complexity index is 659. The van der Waals surface area contributed by atoms with Crippen molar-refractivity contribution in [2.75, 3.05) is 10.7 Å². The summed E-state index contributed by atoms with van der Waals surface area (Å²) in [6, 6.07) is 5.30. The molecule has 2 heterocycles. The van der Waals surface area contributed by atoms with Crippen molar-refractivity contribution in [3.05, 3.63) is 45.8 Å². The average Bonchev–Trinajstić information content (AvgIpc) is 2.41. The number of hydrogen-bond acceptors (Lipinski definition) is 5. The zero-order valence-electron chi connectivity index (χ0n) is 11.1. The summed E-state index contributed by atoms with van der Waals surface area (Å²) >= 11 is 3.28. The van der Waals surface area contributed by atoms with Gasteiger partial charge < -0.3 is 10.7 Å². The van der Waals surface area contributed by atoms with Gasteiger partial charge in [0.25, 0.3) is 5.91 Å². The highest BCUT2D eigenvalue weighted by atomic mass is 79.9. The molecule has 6 nitrogen and oxygen atoms in total. The Morgan fingerprint density at radius 1 is 1.35 bits per heavy atom. The normalized spacial score (nSPS) is 10.2.